The van der Waals surface area contributed by atoms with Gasteiger partial charge in [0.25, 0.3) is 0 Å². The summed E-state index contributed by atoms with van der Waals surface area (Å²) in [4.78, 5) is 9.23. The van der Waals surface area contributed by atoms with Gasteiger partial charge in [-0.15, -0.1) is 0 Å². The van der Waals surface area contributed by atoms with Crippen LogP contribution >= 0.6 is 0 Å². The minimum atomic E-state index is 0.469. The Hall–Kier alpha value is -3.67. The van der Waals surface area contributed by atoms with Crippen LogP contribution in [0.15, 0.2) is 73.1 Å². The highest BCUT2D eigenvalue weighted by molar-refractivity contribution is 5.62. The highest BCUT2D eigenvalue weighted by Crippen LogP contribution is 2.26. The van der Waals surface area contributed by atoms with Crippen molar-refractivity contribution in [3.63, 3.8) is 0 Å². The van der Waals surface area contributed by atoms with Crippen molar-refractivity contribution in [1.29, 1.82) is 0 Å². The fourth-order valence-corrected chi connectivity index (χ4v) is 4.31. The van der Waals surface area contributed by atoms with E-state index in [-0.39, 0.29) is 0 Å². The summed E-state index contributed by atoms with van der Waals surface area (Å²) in [5, 5.41) is 8.26. The largest absolute Gasteiger partial charge is 0.489 e. The molecule has 1 saturated carbocycles. The number of ether oxygens (including phenoxy) is 1. The quantitative estimate of drug-likeness (QED) is 0.385. The number of hydrogen-bond acceptors (Lipinski definition) is 5. The lowest BCUT2D eigenvalue weighted by Crippen LogP contribution is -2.23. The normalized spacial score (nSPS) is 14.2. The molecule has 0 atom stereocenters. The Bertz CT molecular complexity index is 1200. The molecular weight excluding hydrogens is 410 g/mol. The number of benzene rings is 2. The van der Waals surface area contributed by atoms with E-state index in [2.05, 4.69) is 22.4 Å². The van der Waals surface area contributed by atoms with E-state index in [4.69, 9.17) is 14.8 Å². The van der Waals surface area contributed by atoms with E-state index in [0.29, 0.717) is 18.6 Å². The SMILES string of the molecule is Cc1nn(-c2cccc(OCc3ccccc3)c2)cc1-c1ccnc(NC2CCCCC2)n1. The van der Waals surface area contributed by atoms with Crippen LogP contribution in [-0.4, -0.2) is 25.8 Å². The number of hydrogen-bond donors (Lipinski definition) is 1. The number of aromatic nitrogens is 4. The van der Waals surface area contributed by atoms with E-state index in [0.717, 1.165) is 34.0 Å². The molecule has 0 saturated heterocycles. The van der Waals surface area contributed by atoms with E-state index in [1.807, 2.05) is 72.5 Å². The van der Waals surface area contributed by atoms with Crippen LogP contribution in [0.5, 0.6) is 5.75 Å². The lowest BCUT2D eigenvalue weighted by molar-refractivity contribution is 0.306. The van der Waals surface area contributed by atoms with Crippen molar-refractivity contribution in [2.75, 3.05) is 5.32 Å². The van der Waals surface area contributed by atoms with Crippen LogP contribution in [0.2, 0.25) is 0 Å². The van der Waals surface area contributed by atoms with Crippen molar-refractivity contribution in [1.82, 2.24) is 19.7 Å². The second-order valence-corrected chi connectivity index (χ2v) is 8.59. The summed E-state index contributed by atoms with van der Waals surface area (Å²) in [5.74, 6) is 1.51. The lowest BCUT2D eigenvalue weighted by Gasteiger charge is -2.22. The van der Waals surface area contributed by atoms with Crippen molar-refractivity contribution in [2.24, 2.45) is 0 Å². The van der Waals surface area contributed by atoms with Gasteiger partial charge in [-0.2, -0.15) is 5.10 Å². The van der Waals surface area contributed by atoms with Crippen LogP contribution in [0.4, 0.5) is 5.95 Å². The second-order valence-electron chi connectivity index (χ2n) is 8.59. The molecule has 168 valence electrons. The van der Waals surface area contributed by atoms with E-state index in [1.165, 1.54) is 32.1 Å². The van der Waals surface area contributed by atoms with Crippen molar-refractivity contribution in [3.05, 3.63) is 84.3 Å². The average Bonchev–Trinajstić information content (AvgIpc) is 3.26. The minimum absolute atomic E-state index is 0.469. The molecule has 0 spiro atoms. The Morgan fingerprint density at radius 1 is 1.00 bits per heavy atom. The zero-order chi connectivity index (χ0) is 22.5. The van der Waals surface area contributed by atoms with Crippen molar-refractivity contribution in [2.45, 2.75) is 51.7 Å². The molecule has 2 aromatic heterocycles. The maximum absolute atomic E-state index is 5.99. The van der Waals surface area contributed by atoms with Crippen LogP contribution in [-0.2, 0) is 6.61 Å². The van der Waals surface area contributed by atoms with Gasteiger partial charge in [0.05, 0.1) is 17.1 Å². The number of nitrogens with zero attached hydrogens (tertiary/aromatic N) is 4. The first-order chi connectivity index (χ1) is 16.2. The fourth-order valence-electron chi connectivity index (χ4n) is 4.31. The van der Waals surface area contributed by atoms with E-state index in [9.17, 15) is 0 Å². The Morgan fingerprint density at radius 2 is 1.85 bits per heavy atom. The van der Waals surface area contributed by atoms with E-state index < -0.39 is 0 Å². The second kappa shape index (κ2) is 9.86. The molecule has 0 amide bonds. The van der Waals surface area contributed by atoms with Gasteiger partial charge in [0, 0.05) is 30.1 Å². The Kier molecular flexibility index (Phi) is 6.33. The van der Waals surface area contributed by atoms with Crippen molar-refractivity contribution >= 4 is 5.95 Å². The monoisotopic (exact) mass is 439 g/mol. The Balaban J connectivity index is 1.33. The molecule has 2 aromatic carbocycles. The zero-order valence-electron chi connectivity index (χ0n) is 18.9. The fraction of sp³-hybridized carbons (Fsp3) is 0.296. The molecule has 0 aliphatic heterocycles. The van der Waals surface area contributed by atoms with Crippen LogP contribution in [0.3, 0.4) is 0 Å². The third-order valence-electron chi connectivity index (χ3n) is 6.10. The molecule has 0 radical (unpaired) electrons. The van der Waals surface area contributed by atoms with E-state index in [1.54, 1.807) is 0 Å². The summed E-state index contributed by atoms with van der Waals surface area (Å²) in [5.41, 5.74) is 4.89. The molecular formula is C27H29N5O. The molecule has 4 aromatic rings. The summed E-state index contributed by atoms with van der Waals surface area (Å²) in [6, 6.07) is 20.6. The molecule has 6 nitrogen and oxygen atoms in total. The van der Waals surface area contributed by atoms with Crippen LogP contribution in [0.25, 0.3) is 16.9 Å². The molecule has 6 heteroatoms. The highest BCUT2D eigenvalue weighted by Gasteiger charge is 2.16. The summed E-state index contributed by atoms with van der Waals surface area (Å²) < 4.78 is 7.88. The molecule has 0 unspecified atom stereocenters. The van der Waals surface area contributed by atoms with Gasteiger partial charge in [0.1, 0.15) is 12.4 Å². The van der Waals surface area contributed by atoms with Gasteiger partial charge >= 0.3 is 0 Å². The third-order valence-corrected chi connectivity index (χ3v) is 6.10. The molecule has 1 aliphatic carbocycles. The van der Waals surface area contributed by atoms with Gasteiger partial charge in [-0.25, -0.2) is 14.6 Å². The summed E-state index contributed by atoms with van der Waals surface area (Å²) in [6.45, 7) is 2.54. The Labute approximate surface area is 194 Å². The van der Waals surface area contributed by atoms with Crippen molar-refractivity contribution in [3.8, 4) is 22.7 Å². The summed E-state index contributed by atoms with van der Waals surface area (Å²) in [7, 11) is 0. The van der Waals surface area contributed by atoms with Crippen molar-refractivity contribution < 1.29 is 4.74 Å². The molecule has 1 aliphatic rings. The van der Waals surface area contributed by atoms with Gasteiger partial charge in [-0.1, -0.05) is 55.7 Å². The number of anilines is 1. The maximum atomic E-state index is 5.99. The van der Waals surface area contributed by atoms with Gasteiger partial charge in [-0.3, -0.25) is 0 Å². The molecule has 33 heavy (non-hydrogen) atoms. The van der Waals surface area contributed by atoms with Gasteiger partial charge < -0.3 is 10.1 Å². The number of rotatable bonds is 7. The van der Waals surface area contributed by atoms with E-state index >= 15 is 0 Å². The van der Waals surface area contributed by atoms with Gasteiger partial charge in [0.15, 0.2) is 0 Å². The standard InChI is InChI=1S/C27H29N5O/c1-20-25(26-15-16-28-27(30-26)29-22-11-6-3-7-12-22)18-32(31-20)23-13-8-14-24(17-23)33-19-21-9-4-2-5-10-21/h2,4-5,8-10,13-18,22H,3,6-7,11-12,19H2,1H3,(H,28,29,30). The smallest absolute Gasteiger partial charge is 0.223 e. The topological polar surface area (TPSA) is 64.9 Å². The first-order valence-electron chi connectivity index (χ1n) is 11.7. The number of nitrogens with one attached hydrogen (secondary N) is 1. The first-order valence-corrected chi connectivity index (χ1v) is 11.7. The molecule has 0 bridgehead atoms. The molecule has 2 heterocycles. The zero-order valence-corrected chi connectivity index (χ0v) is 18.9. The molecule has 1 N–H and O–H groups in total. The third kappa shape index (κ3) is 5.22. The Morgan fingerprint density at radius 3 is 2.70 bits per heavy atom. The predicted molar refractivity (Wildman–Crippen MR) is 131 cm³/mol. The summed E-state index contributed by atoms with van der Waals surface area (Å²) in [6.07, 6.45) is 10.1. The van der Waals surface area contributed by atoms with Gasteiger partial charge in [0.2, 0.25) is 5.95 Å². The predicted octanol–water partition coefficient (Wildman–Crippen LogP) is 5.96. The molecule has 5 rings (SSSR count). The highest BCUT2D eigenvalue weighted by atomic mass is 16.5. The van der Waals surface area contributed by atoms with Crippen LogP contribution in [0, 0.1) is 6.92 Å². The van der Waals surface area contributed by atoms with Gasteiger partial charge in [-0.05, 0) is 43.5 Å². The first kappa shape index (κ1) is 21.2. The maximum Gasteiger partial charge on any atom is 0.223 e. The summed E-state index contributed by atoms with van der Waals surface area (Å²) >= 11 is 0. The average molecular weight is 440 g/mol. The minimum Gasteiger partial charge on any atom is -0.489 e. The molecule has 1 fully saturated rings. The number of aryl methyl sites for hydroxylation is 1. The van der Waals surface area contributed by atoms with Crippen LogP contribution in [0.1, 0.15) is 43.4 Å². The van der Waals surface area contributed by atoms with Crippen LogP contribution < -0.4 is 10.1 Å². The lowest BCUT2D eigenvalue weighted by atomic mass is 9.96.